The zero-order valence-corrected chi connectivity index (χ0v) is 11.7. The average molecular weight is 303 g/mol. The Morgan fingerprint density at radius 2 is 1.74 bits per heavy atom. The van der Waals surface area contributed by atoms with E-state index in [1.165, 1.54) is 28.6 Å². The lowest BCUT2D eigenvalue weighted by Crippen LogP contribution is -2.43. The van der Waals surface area contributed by atoms with Crippen molar-refractivity contribution in [2.45, 2.75) is 17.7 Å². The maximum Gasteiger partial charge on any atom is 0.243 e. The van der Waals surface area contributed by atoms with Crippen molar-refractivity contribution < 1.29 is 18.3 Å². The molecule has 0 saturated carbocycles. The molecule has 1 heterocycles. The number of hydrogen-bond donors (Lipinski definition) is 0. The molecule has 0 aliphatic carbocycles. The minimum absolute atomic E-state index is 0.170. The predicted octanol–water partition coefficient (Wildman–Crippen LogP) is 0.491. The number of benzene rings is 1. The minimum Gasteiger partial charge on any atom is -0.550 e. The van der Waals surface area contributed by atoms with Gasteiger partial charge in [-0.25, -0.2) is 8.42 Å². The molecule has 0 radical (unpaired) electrons. The molecule has 0 amide bonds. The monoisotopic (exact) mass is 302 g/mol. The molecule has 0 N–H and O–H groups in total. The summed E-state index contributed by atoms with van der Waals surface area (Å²) in [6, 6.07) is 5.93. The highest BCUT2D eigenvalue weighted by atomic mass is 35.5. The number of carboxylic acid groups (broad SMARTS) is 1. The third kappa shape index (κ3) is 3.08. The van der Waals surface area contributed by atoms with Crippen LogP contribution in [-0.2, 0) is 14.8 Å². The molecule has 1 saturated heterocycles. The highest BCUT2D eigenvalue weighted by Gasteiger charge is 2.29. The van der Waals surface area contributed by atoms with Crippen molar-refractivity contribution in [3.8, 4) is 0 Å². The highest BCUT2D eigenvalue weighted by molar-refractivity contribution is 7.89. The lowest BCUT2D eigenvalue weighted by atomic mass is 9.99. The number of halogens is 1. The fourth-order valence-corrected chi connectivity index (χ4v) is 3.68. The first-order chi connectivity index (χ1) is 8.91. The SMILES string of the molecule is O=C([O-])C1CCN(S(=O)(=O)c2ccc(Cl)cc2)CC1. The van der Waals surface area contributed by atoms with Crippen LogP contribution in [-0.4, -0.2) is 31.8 Å². The van der Waals surface area contributed by atoms with Gasteiger partial charge in [-0.2, -0.15) is 4.31 Å². The van der Waals surface area contributed by atoms with Gasteiger partial charge in [0.2, 0.25) is 10.0 Å². The summed E-state index contributed by atoms with van der Waals surface area (Å²) in [5, 5.41) is 11.2. The zero-order chi connectivity index (χ0) is 14.0. The fourth-order valence-electron chi connectivity index (χ4n) is 2.09. The molecule has 0 spiro atoms. The van der Waals surface area contributed by atoms with Crippen LogP contribution in [0.4, 0.5) is 0 Å². The van der Waals surface area contributed by atoms with Crippen LogP contribution in [0.5, 0.6) is 0 Å². The Morgan fingerprint density at radius 3 is 2.21 bits per heavy atom. The van der Waals surface area contributed by atoms with Crippen LogP contribution >= 0.6 is 11.6 Å². The molecule has 0 aromatic heterocycles. The molecule has 1 aliphatic rings. The highest BCUT2D eigenvalue weighted by Crippen LogP contribution is 2.24. The van der Waals surface area contributed by atoms with E-state index in [9.17, 15) is 18.3 Å². The van der Waals surface area contributed by atoms with E-state index in [1.807, 2.05) is 0 Å². The first kappa shape index (κ1) is 14.3. The number of rotatable bonds is 3. The number of carboxylic acids is 1. The van der Waals surface area contributed by atoms with Gasteiger partial charge in [0.15, 0.2) is 0 Å². The van der Waals surface area contributed by atoms with Gasteiger partial charge in [0.1, 0.15) is 0 Å². The Labute approximate surface area is 116 Å². The molecule has 2 rings (SSSR count). The van der Waals surface area contributed by atoms with Gasteiger partial charge in [0.05, 0.1) is 4.90 Å². The van der Waals surface area contributed by atoms with E-state index in [-0.39, 0.29) is 30.8 Å². The van der Waals surface area contributed by atoms with Crippen molar-refractivity contribution in [2.24, 2.45) is 5.92 Å². The van der Waals surface area contributed by atoms with Crippen LogP contribution in [0.2, 0.25) is 5.02 Å². The molecule has 1 aromatic carbocycles. The number of nitrogens with zero attached hydrogens (tertiary/aromatic N) is 1. The summed E-state index contributed by atoms with van der Waals surface area (Å²) in [5.41, 5.74) is 0. The normalized spacial score (nSPS) is 18.4. The fraction of sp³-hybridized carbons (Fsp3) is 0.417. The van der Waals surface area contributed by atoms with Crippen LogP contribution < -0.4 is 5.11 Å². The Kier molecular flexibility index (Phi) is 4.13. The molecule has 1 fully saturated rings. The van der Waals surface area contributed by atoms with Gasteiger partial charge in [-0.1, -0.05) is 11.6 Å². The zero-order valence-electron chi connectivity index (χ0n) is 10.1. The summed E-state index contributed by atoms with van der Waals surface area (Å²) in [6.07, 6.45) is 0.574. The van der Waals surface area contributed by atoms with E-state index in [0.717, 1.165) is 0 Å². The second-order valence-electron chi connectivity index (χ2n) is 4.45. The summed E-state index contributed by atoms with van der Waals surface area (Å²) < 4.78 is 25.9. The van der Waals surface area contributed by atoms with Gasteiger partial charge in [-0.05, 0) is 37.1 Å². The summed E-state index contributed by atoms with van der Waals surface area (Å²) in [5.74, 6) is -1.67. The van der Waals surface area contributed by atoms with E-state index in [2.05, 4.69) is 0 Å². The molecule has 7 heteroatoms. The smallest absolute Gasteiger partial charge is 0.243 e. The van der Waals surface area contributed by atoms with Crippen LogP contribution in [0.1, 0.15) is 12.8 Å². The van der Waals surface area contributed by atoms with Crippen molar-refractivity contribution >= 4 is 27.6 Å². The number of carbonyl (C=O) groups excluding carboxylic acids is 1. The quantitative estimate of drug-likeness (QED) is 0.814. The van der Waals surface area contributed by atoms with Crippen LogP contribution in [0.3, 0.4) is 0 Å². The topological polar surface area (TPSA) is 77.5 Å². The summed E-state index contributed by atoms with van der Waals surface area (Å²) in [4.78, 5) is 10.9. The van der Waals surface area contributed by atoms with Crippen LogP contribution in [0.15, 0.2) is 29.2 Å². The molecular weight excluding hydrogens is 290 g/mol. The van der Waals surface area contributed by atoms with Gasteiger partial charge < -0.3 is 9.90 Å². The predicted molar refractivity (Wildman–Crippen MR) is 67.9 cm³/mol. The molecule has 19 heavy (non-hydrogen) atoms. The third-order valence-electron chi connectivity index (χ3n) is 3.24. The van der Waals surface area contributed by atoms with Crippen LogP contribution in [0, 0.1) is 5.92 Å². The van der Waals surface area contributed by atoms with E-state index in [4.69, 9.17) is 11.6 Å². The van der Waals surface area contributed by atoms with Crippen molar-refractivity contribution in [2.75, 3.05) is 13.1 Å². The van der Waals surface area contributed by atoms with Gasteiger partial charge in [0.25, 0.3) is 0 Å². The number of aliphatic carboxylic acids is 1. The Bertz CT molecular complexity index is 562. The number of piperidine rings is 1. The lowest BCUT2D eigenvalue weighted by molar-refractivity contribution is -0.312. The summed E-state index contributed by atoms with van der Waals surface area (Å²) >= 11 is 5.72. The summed E-state index contributed by atoms with van der Waals surface area (Å²) in [7, 11) is -3.57. The van der Waals surface area contributed by atoms with Crippen molar-refractivity contribution in [3.63, 3.8) is 0 Å². The lowest BCUT2D eigenvalue weighted by Gasteiger charge is -2.31. The van der Waals surface area contributed by atoms with E-state index >= 15 is 0 Å². The minimum atomic E-state index is -3.57. The average Bonchev–Trinajstić information content (AvgIpc) is 2.39. The number of carbonyl (C=O) groups is 1. The molecule has 0 unspecified atom stereocenters. The third-order valence-corrected chi connectivity index (χ3v) is 5.40. The molecular formula is C12H13ClNO4S-. The molecule has 104 valence electrons. The second-order valence-corrected chi connectivity index (χ2v) is 6.83. The van der Waals surface area contributed by atoms with E-state index in [0.29, 0.717) is 5.02 Å². The van der Waals surface area contributed by atoms with Crippen molar-refractivity contribution in [3.05, 3.63) is 29.3 Å². The molecule has 0 atom stereocenters. The standard InChI is InChI=1S/C12H14ClNO4S/c13-10-1-3-11(4-2-10)19(17,18)14-7-5-9(6-8-14)12(15)16/h1-4,9H,5-8H2,(H,15,16)/p-1. The van der Waals surface area contributed by atoms with Crippen LogP contribution in [0.25, 0.3) is 0 Å². The van der Waals surface area contributed by atoms with Crippen molar-refractivity contribution in [1.82, 2.24) is 4.31 Å². The van der Waals surface area contributed by atoms with Gasteiger partial charge in [-0.3, -0.25) is 0 Å². The Morgan fingerprint density at radius 1 is 1.21 bits per heavy atom. The maximum atomic E-state index is 12.3. The first-order valence-electron chi connectivity index (χ1n) is 5.88. The van der Waals surface area contributed by atoms with Crippen molar-refractivity contribution in [1.29, 1.82) is 0 Å². The van der Waals surface area contributed by atoms with Gasteiger partial charge in [0, 0.05) is 30.0 Å². The summed E-state index contributed by atoms with van der Waals surface area (Å²) in [6.45, 7) is 0.396. The Balaban J connectivity index is 2.14. The van der Waals surface area contributed by atoms with E-state index < -0.39 is 21.9 Å². The van der Waals surface area contributed by atoms with Gasteiger partial charge >= 0.3 is 0 Å². The van der Waals surface area contributed by atoms with Gasteiger partial charge in [-0.15, -0.1) is 0 Å². The van der Waals surface area contributed by atoms with E-state index in [1.54, 1.807) is 0 Å². The molecule has 0 bridgehead atoms. The molecule has 1 aromatic rings. The number of sulfonamides is 1. The largest absolute Gasteiger partial charge is 0.550 e. The number of hydrogen-bond acceptors (Lipinski definition) is 4. The molecule has 1 aliphatic heterocycles. The second kappa shape index (κ2) is 5.48. The first-order valence-corrected chi connectivity index (χ1v) is 7.69. The maximum absolute atomic E-state index is 12.3. The Hall–Kier alpha value is -1.11. The molecule has 5 nitrogen and oxygen atoms in total.